The van der Waals surface area contributed by atoms with Crippen LogP contribution in [0.1, 0.15) is 43.8 Å². The first-order valence-corrected chi connectivity index (χ1v) is 14.0. The number of aliphatic hydroxyl groups is 1. The summed E-state index contributed by atoms with van der Waals surface area (Å²) in [6.07, 6.45) is 5.40. The molecule has 1 aliphatic carbocycles. The van der Waals surface area contributed by atoms with Crippen molar-refractivity contribution >= 4 is 32.8 Å². The first kappa shape index (κ1) is 23.6. The molecule has 0 amide bonds. The third-order valence-electron chi connectivity index (χ3n) is 6.86. The SMILES string of the molecule is O=[S@@]1CN(C2(CO)CCC2)c2nc(N3CCC(c4ncc(S(F)(F)(F)(F)F)cn4)CC3)ncc21. The van der Waals surface area contributed by atoms with Gasteiger partial charge < -0.3 is 14.9 Å². The maximum atomic E-state index is 12.9. The van der Waals surface area contributed by atoms with Gasteiger partial charge in [0.15, 0.2) is 5.82 Å². The molecule has 0 bridgehead atoms. The zero-order valence-corrected chi connectivity index (χ0v) is 19.6. The lowest BCUT2D eigenvalue weighted by molar-refractivity contribution is 0.119. The Balaban J connectivity index is 1.30. The molecule has 2 fully saturated rings. The number of rotatable bonds is 5. The van der Waals surface area contributed by atoms with E-state index in [0.717, 1.165) is 19.3 Å². The van der Waals surface area contributed by atoms with Crippen molar-refractivity contribution in [2.24, 2.45) is 0 Å². The molecule has 3 aliphatic rings. The van der Waals surface area contributed by atoms with Gasteiger partial charge in [-0.25, -0.2) is 15.0 Å². The van der Waals surface area contributed by atoms with Gasteiger partial charge >= 0.3 is 10.2 Å². The molecule has 0 aromatic carbocycles. The largest absolute Gasteiger partial charge is 0.394 e. The Bertz CT molecular complexity index is 1130. The molecule has 15 heteroatoms. The second kappa shape index (κ2) is 7.20. The Labute approximate surface area is 194 Å². The van der Waals surface area contributed by atoms with E-state index in [1.165, 1.54) is 0 Å². The third kappa shape index (κ3) is 4.11. The molecule has 0 radical (unpaired) electrons. The fourth-order valence-corrected chi connectivity index (χ4v) is 6.44. The molecule has 5 rings (SSSR count). The number of aromatic nitrogens is 4. The van der Waals surface area contributed by atoms with Crippen LogP contribution in [-0.2, 0) is 10.8 Å². The smallest absolute Gasteiger partial charge is 0.313 e. The highest BCUT2D eigenvalue weighted by molar-refractivity contribution is 8.45. The van der Waals surface area contributed by atoms with Crippen LogP contribution >= 0.6 is 10.2 Å². The maximum absolute atomic E-state index is 12.9. The number of anilines is 2. The van der Waals surface area contributed by atoms with Crippen molar-refractivity contribution < 1.29 is 28.7 Å². The summed E-state index contributed by atoms with van der Waals surface area (Å²) in [5.74, 6) is 1.08. The van der Waals surface area contributed by atoms with E-state index in [9.17, 15) is 28.7 Å². The summed E-state index contributed by atoms with van der Waals surface area (Å²) in [6, 6.07) is 0. The molecule has 0 unspecified atom stereocenters. The molecule has 1 N–H and O–H groups in total. The van der Waals surface area contributed by atoms with E-state index >= 15 is 0 Å². The van der Waals surface area contributed by atoms with Crippen molar-refractivity contribution in [3.05, 3.63) is 24.4 Å². The van der Waals surface area contributed by atoms with Crippen molar-refractivity contribution in [2.75, 3.05) is 35.4 Å². The Morgan fingerprint density at radius 3 is 2.24 bits per heavy atom. The van der Waals surface area contributed by atoms with Crippen LogP contribution in [0.15, 0.2) is 28.4 Å². The van der Waals surface area contributed by atoms with Gasteiger partial charge in [0, 0.05) is 19.0 Å². The number of nitrogens with zero attached hydrogens (tertiary/aromatic N) is 6. The molecule has 188 valence electrons. The number of hydrogen-bond donors (Lipinski definition) is 1. The first-order valence-electron chi connectivity index (χ1n) is 10.7. The molecule has 2 aromatic heterocycles. The zero-order valence-electron chi connectivity index (χ0n) is 17.9. The Morgan fingerprint density at radius 2 is 1.71 bits per heavy atom. The Hall–Kier alpha value is -2.13. The third-order valence-corrected chi connectivity index (χ3v) is 9.23. The summed E-state index contributed by atoms with van der Waals surface area (Å²) in [5, 5.41) is 9.95. The predicted octanol–water partition coefficient (Wildman–Crippen LogP) is 4.11. The molecule has 1 atom stereocenters. The highest BCUT2D eigenvalue weighted by Crippen LogP contribution is 3.01. The molecule has 4 heterocycles. The lowest BCUT2D eigenvalue weighted by Gasteiger charge is -2.47. The fraction of sp³-hybridized carbons (Fsp3) is 0.579. The van der Waals surface area contributed by atoms with Crippen molar-refractivity contribution in [3.8, 4) is 0 Å². The summed E-state index contributed by atoms with van der Waals surface area (Å²) < 4.78 is 77.0. The summed E-state index contributed by atoms with van der Waals surface area (Å²) >= 11 is 0. The molecule has 2 aromatic rings. The Morgan fingerprint density at radius 1 is 1.06 bits per heavy atom. The topological polar surface area (TPSA) is 95.3 Å². The van der Waals surface area contributed by atoms with Crippen molar-refractivity contribution in [1.82, 2.24) is 19.9 Å². The van der Waals surface area contributed by atoms with Gasteiger partial charge in [0.2, 0.25) is 5.95 Å². The number of aliphatic hydroxyl groups excluding tert-OH is 1. The van der Waals surface area contributed by atoms with Gasteiger partial charge in [0.05, 0.1) is 41.5 Å². The highest BCUT2D eigenvalue weighted by atomic mass is 32.5. The average molecular weight is 527 g/mol. The van der Waals surface area contributed by atoms with E-state index in [4.69, 9.17) is 0 Å². The lowest BCUT2D eigenvalue weighted by atomic mass is 9.76. The van der Waals surface area contributed by atoms with Gasteiger partial charge in [-0.1, -0.05) is 19.4 Å². The predicted molar refractivity (Wildman–Crippen MR) is 117 cm³/mol. The van der Waals surface area contributed by atoms with Crippen LogP contribution in [0.3, 0.4) is 0 Å². The first-order chi connectivity index (χ1) is 15.8. The van der Waals surface area contributed by atoms with Gasteiger partial charge in [-0.15, -0.1) is 0 Å². The van der Waals surface area contributed by atoms with Crippen LogP contribution in [-0.4, -0.2) is 60.4 Å². The maximum Gasteiger partial charge on any atom is 0.313 e. The van der Waals surface area contributed by atoms with Gasteiger partial charge in [-0.2, -0.15) is 4.98 Å². The standard InChI is InChI=1S/C19H23F5N6O2S2/c20-34(21,22,23,24)14-8-25-16(26-9-14)13-2-6-29(7-3-13)18-27-10-15-17(28-18)30(12-33(15)32)19(11-31)4-1-5-19/h8-10,13,31H,1-7,11-12H2/t33-/m1/s1. The van der Waals surface area contributed by atoms with Crippen LogP contribution in [0.5, 0.6) is 0 Å². The summed E-state index contributed by atoms with van der Waals surface area (Å²) in [6.45, 7) is 0.879. The number of fused-ring (bicyclic) bond motifs is 1. The van der Waals surface area contributed by atoms with Crippen LogP contribution in [0.2, 0.25) is 0 Å². The quantitative estimate of drug-likeness (QED) is 0.582. The summed E-state index contributed by atoms with van der Waals surface area (Å²) in [4.78, 5) is 18.5. The molecular weight excluding hydrogens is 503 g/mol. The van der Waals surface area contributed by atoms with Gasteiger partial charge in [-0.05, 0) is 32.1 Å². The summed E-state index contributed by atoms with van der Waals surface area (Å²) in [5.41, 5.74) is -0.446. The molecule has 1 saturated carbocycles. The fourth-order valence-electron chi connectivity index (χ4n) is 4.64. The van der Waals surface area contributed by atoms with Crippen molar-refractivity contribution in [3.63, 3.8) is 0 Å². The number of piperidine rings is 1. The number of hydrogen-bond acceptors (Lipinski definition) is 8. The molecule has 2 aliphatic heterocycles. The van der Waals surface area contributed by atoms with Gasteiger partial charge in [0.1, 0.15) is 21.5 Å². The molecule has 1 saturated heterocycles. The lowest BCUT2D eigenvalue weighted by Crippen LogP contribution is -2.56. The minimum absolute atomic E-state index is 0.0465. The second-order valence-electron chi connectivity index (χ2n) is 9.00. The summed E-state index contributed by atoms with van der Waals surface area (Å²) in [7, 11) is -11.1. The average Bonchev–Trinajstić information content (AvgIpc) is 3.08. The second-order valence-corrected chi connectivity index (χ2v) is 12.8. The molecule has 34 heavy (non-hydrogen) atoms. The zero-order chi connectivity index (χ0) is 24.4. The highest BCUT2D eigenvalue weighted by Gasteiger charge is 2.66. The number of halogens is 5. The molecule has 8 nitrogen and oxygen atoms in total. The van der Waals surface area contributed by atoms with Crippen LogP contribution in [0.25, 0.3) is 0 Å². The van der Waals surface area contributed by atoms with Crippen molar-refractivity contribution in [1.29, 1.82) is 0 Å². The van der Waals surface area contributed by atoms with E-state index in [1.807, 2.05) is 9.80 Å². The molecule has 0 spiro atoms. The van der Waals surface area contributed by atoms with Crippen LogP contribution in [0.4, 0.5) is 31.2 Å². The van der Waals surface area contributed by atoms with E-state index in [1.54, 1.807) is 6.20 Å². The van der Waals surface area contributed by atoms with Gasteiger partial charge in [0.25, 0.3) is 0 Å². The van der Waals surface area contributed by atoms with E-state index in [0.29, 0.717) is 42.6 Å². The van der Waals surface area contributed by atoms with Crippen LogP contribution < -0.4 is 9.80 Å². The normalized spacial score (nSPS) is 24.8. The van der Waals surface area contributed by atoms with Gasteiger partial charge in [-0.3, -0.25) is 4.21 Å². The Kier molecular flexibility index (Phi) is 5.00. The monoisotopic (exact) mass is 526 g/mol. The molecular formula is C19H23F5N6O2S2. The minimum atomic E-state index is -9.80. The van der Waals surface area contributed by atoms with Crippen LogP contribution in [0, 0.1) is 0 Å². The van der Waals surface area contributed by atoms with E-state index in [2.05, 4.69) is 19.9 Å². The van der Waals surface area contributed by atoms with E-state index < -0.39 is 31.5 Å². The van der Waals surface area contributed by atoms with E-state index in [-0.39, 0.29) is 36.6 Å². The van der Waals surface area contributed by atoms with Crippen molar-refractivity contribution in [2.45, 2.75) is 53.4 Å². The minimum Gasteiger partial charge on any atom is -0.394 e.